The Morgan fingerprint density at radius 2 is 0.294 bits per heavy atom. The van der Waals surface area contributed by atoms with Gasteiger partial charge >= 0.3 is 0 Å². The molecule has 0 N–H and O–H groups in total. The molecule has 0 saturated carbocycles. The van der Waals surface area contributed by atoms with E-state index in [0.29, 0.717) is 0 Å². The largest absolute Gasteiger partial charge is 0.311 e. The molecule has 0 radical (unpaired) electrons. The minimum absolute atomic E-state index is 1.07. The summed E-state index contributed by atoms with van der Waals surface area (Å²) in [6.07, 6.45) is 0. The van der Waals surface area contributed by atoms with Crippen molar-refractivity contribution in [2.24, 2.45) is 0 Å². The number of anilines is 12. The van der Waals surface area contributed by atoms with Crippen LogP contribution in [0.4, 0.5) is 68.2 Å². The molecule has 21 aromatic carbocycles. The molecule has 4 nitrogen and oxygen atoms in total. The van der Waals surface area contributed by atoms with Gasteiger partial charge in [-0.05, 0) is 268 Å². The zero-order valence-electron chi connectivity index (χ0n) is 69.4. The van der Waals surface area contributed by atoms with Crippen LogP contribution in [0, 0.1) is 0 Å². The molecule has 0 aliphatic rings. The Hall–Kier alpha value is -16.7. The summed E-state index contributed by atoms with van der Waals surface area (Å²) < 4.78 is 0. The van der Waals surface area contributed by atoms with Crippen molar-refractivity contribution in [2.75, 3.05) is 19.6 Å². The van der Waals surface area contributed by atoms with Gasteiger partial charge in [0.15, 0.2) is 0 Å². The number of hydrogen-bond donors (Lipinski definition) is 0. The molecular weight excluding hydrogens is 1520 g/mol. The topological polar surface area (TPSA) is 13.0 Å². The first kappa shape index (κ1) is 76.7. The Morgan fingerprint density at radius 3 is 0.635 bits per heavy atom. The second-order valence-electron chi connectivity index (χ2n) is 32.0. The summed E-state index contributed by atoms with van der Waals surface area (Å²) in [6.45, 7) is 0. The molecule has 0 aliphatic heterocycles. The molecule has 21 aromatic rings. The van der Waals surface area contributed by atoms with Crippen molar-refractivity contribution < 1.29 is 0 Å². The van der Waals surface area contributed by atoms with Gasteiger partial charge in [0.25, 0.3) is 0 Å². The molecular formula is C122H86N4. The Labute approximate surface area is 737 Å². The molecule has 594 valence electrons. The highest BCUT2D eigenvalue weighted by atomic mass is 15.2. The van der Waals surface area contributed by atoms with Crippen LogP contribution in [0.25, 0.3) is 133 Å². The van der Waals surface area contributed by atoms with Gasteiger partial charge < -0.3 is 19.6 Å². The number of benzene rings is 21. The summed E-state index contributed by atoms with van der Waals surface area (Å²) in [5.41, 5.74) is 36.5. The molecule has 0 aliphatic carbocycles. The normalized spacial score (nSPS) is 11.2. The lowest BCUT2D eigenvalue weighted by molar-refractivity contribution is 1.28. The molecule has 0 saturated heterocycles. The van der Waals surface area contributed by atoms with E-state index in [1.165, 1.54) is 77.2 Å². The fourth-order valence-corrected chi connectivity index (χ4v) is 17.8. The summed E-state index contributed by atoms with van der Waals surface area (Å²) >= 11 is 0. The zero-order chi connectivity index (χ0) is 83.9. The quantitative estimate of drug-likeness (QED) is 0.0670. The number of fused-ring (bicyclic) bond motifs is 2. The Balaban J connectivity index is 0.494. The van der Waals surface area contributed by atoms with Crippen LogP contribution >= 0.6 is 0 Å². The van der Waals surface area contributed by atoms with E-state index < -0.39 is 0 Å². The zero-order valence-corrected chi connectivity index (χ0v) is 69.4. The summed E-state index contributed by atoms with van der Waals surface area (Å²) in [7, 11) is 0. The maximum Gasteiger partial charge on any atom is 0.0540 e. The van der Waals surface area contributed by atoms with Gasteiger partial charge in [0.1, 0.15) is 0 Å². The van der Waals surface area contributed by atoms with Crippen LogP contribution in [-0.2, 0) is 0 Å². The van der Waals surface area contributed by atoms with Crippen LogP contribution in [-0.4, -0.2) is 0 Å². The lowest BCUT2D eigenvalue weighted by atomic mass is 9.92. The number of rotatable bonds is 22. The fourth-order valence-electron chi connectivity index (χ4n) is 17.8. The summed E-state index contributed by atoms with van der Waals surface area (Å²) in [6, 6.07) is 189. The molecule has 0 heterocycles. The molecule has 0 bridgehead atoms. The van der Waals surface area contributed by atoms with Crippen LogP contribution in [0.3, 0.4) is 0 Å². The average molecular weight is 1610 g/mol. The van der Waals surface area contributed by atoms with E-state index in [2.05, 4.69) is 541 Å². The molecule has 4 heteroatoms. The number of hydrogen-bond acceptors (Lipinski definition) is 4. The van der Waals surface area contributed by atoms with Crippen molar-refractivity contribution in [3.8, 4) is 111 Å². The van der Waals surface area contributed by atoms with Gasteiger partial charge in [-0.1, -0.05) is 376 Å². The molecule has 21 rings (SSSR count). The molecule has 0 unspecified atom stereocenters. The molecule has 0 fully saturated rings. The predicted octanol–water partition coefficient (Wildman–Crippen LogP) is 34.5. The Morgan fingerprint density at radius 1 is 0.103 bits per heavy atom. The van der Waals surface area contributed by atoms with E-state index in [1.54, 1.807) is 0 Å². The summed E-state index contributed by atoms with van der Waals surface area (Å²) in [5.74, 6) is 0. The van der Waals surface area contributed by atoms with Gasteiger partial charge in [-0.15, -0.1) is 0 Å². The highest BCUT2D eigenvalue weighted by Gasteiger charge is 2.22. The number of nitrogens with zero attached hydrogens (tertiary/aromatic N) is 4. The van der Waals surface area contributed by atoms with Crippen LogP contribution in [0.2, 0.25) is 0 Å². The second-order valence-corrected chi connectivity index (χ2v) is 32.0. The maximum absolute atomic E-state index is 2.41. The average Bonchev–Trinajstić information content (AvgIpc) is 0.779. The van der Waals surface area contributed by atoms with Crippen LogP contribution < -0.4 is 19.6 Å². The van der Waals surface area contributed by atoms with Gasteiger partial charge in [0.05, 0.1) is 11.4 Å². The van der Waals surface area contributed by atoms with Gasteiger partial charge in [-0.2, -0.15) is 0 Å². The summed E-state index contributed by atoms with van der Waals surface area (Å²) in [5, 5.41) is 4.79. The Kier molecular flexibility index (Phi) is 21.2. The van der Waals surface area contributed by atoms with Gasteiger partial charge in [0, 0.05) is 67.6 Å². The minimum atomic E-state index is 1.07. The van der Waals surface area contributed by atoms with Crippen molar-refractivity contribution in [3.05, 3.63) is 522 Å². The van der Waals surface area contributed by atoms with Crippen molar-refractivity contribution >= 4 is 89.8 Å². The highest BCUT2D eigenvalue weighted by molar-refractivity contribution is 6.01. The molecule has 0 atom stereocenters. The third-order valence-electron chi connectivity index (χ3n) is 24.3. The van der Waals surface area contributed by atoms with Gasteiger partial charge in [-0.25, -0.2) is 0 Å². The smallest absolute Gasteiger partial charge is 0.0540 e. The third-order valence-corrected chi connectivity index (χ3v) is 24.3. The van der Waals surface area contributed by atoms with E-state index in [4.69, 9.17) is 0 Å². The predicted molar refractivity (Wildman–Crippen MR) is 535 cm³/mol. The molecule has 126 heavy (non-hydrogen) atoms. The van der Waals surface area contributed by atoms with Crippen molar-refractivity contribution in [2.45, 2.75) is 0 Å². The van der Waals surface area contributed by atoms with E-state index in [9.17, 15) is 0 Å². The van der Waals surface area contributed by atoms with Crippen molar-refractivity contribution in [1.29, 1.82) is 0 Å². The highest BCUT2D eigenvalue weighted by Crippen LogP contribution is 2.46. The Bertz CT molecular complexity index is 7340. The van der Waals surface area contributed by atoms with Crippen LogP contribution in [0.1, 0.15) is 0 Å². The number of para-hydroxylation sites is 3. The van der Waals surface area contributed by atoms with Crippen molar-refractivity contribution in [3.63, 3.8) is 0 Å². The summed E-state index contributed by atoms with van der Waals surface area (Å²) in [4.78, 5) is 9.42. The molecule has 0 amide bonds. The monoisotopic (exact) mass is 1610 g/mol. The first-order valence-electron chi connectivity index (χ1n) is 43.2. The standard InChI is InChI=1S/C122H86N4/c1-5-24-87(25-6-1)91-60-72-110(73-61-91)123(107-35-7-2-8-36-107)112-76-64-93(65-77-112)89-52-56-100(57-53-89)117-42-17-18-43-118(117)101-58-54-90(55-59-101)94-66-78-113(79-67-94)124(108-37-9-3-10-38-108)111-74-62-92(63-75-111)88-48-50-95(51-49-88)106-34-21-41-116(86-106)126(122-47-23-29-99-27-14-16-45-120(99)122)115-82-70-97(71-83-115)103-31-20-33-105(85-103)104-32-19-30-102(84-104)96-68-80-114(81-69-96)125(109-39-11-4-12-40-109)121-46-22-28-98-26-13-15-44-119(98)121/h1-86H. The van der Waals surface area contributed by atoms with Crippen LogP contribution in [0.15, 0.2) is 522 Å². The maximum atomic E-state index is 2.41. The first-order valence-corrected chi connectivity index (χ1v) is 43.2. The fraction of sp³-hybridized carbons (Fsp3) is 0. The van der Waals surface area contributed by atoms with E-state index in [1.807, 2.05) is 0 Å². The van der Waals surface area contributed by atoms with Crippen LogP contribution in [0.5, 0.6) is 0 Å². The minimum Gasteiger partial charge on any atom is -0.311 e. The third kappa shape index (κ3) is 15.9. The van der Waals surface area contributed by atoms with E-state index in [-0.39, 0.29) is 0 Å². The lowest BCUT2D eigenvalue weighted by Gasteiger charge is -2.27. The van der Waals surface area contributed by atoms with E-state index in [0.717, 1.165) is 124 Å². The van der Waals surface area contributed by atoms with Gasteiger partial charge in [-0.3, -0.25) is 0 Å². The van der Waals surface area contributed by atoms with E-state index >= 15 is 0 Å². The molecule has 0 spiro atoms. The lowest BCUT2D eigenvalue weighted by Crippen LogP contribution is -2.10. The molecule has 0 aromatic heterocycles. The first-order chi connectivity index (χ1) is 62.4. The SMILES string of the molecule is c1ccc(-c2ccc(N(c3ccccc3)c3ccc(-c4ccc(-c5ccccc5-c5ccc(-c6ccc(N(c7ccccc7)c7ccc(-c8ccc(-c9cccc(N(c%10ccc(-c%11cccc(-c%12cccc(-c%13ccc(N(c%14ccccc%14)c%14cccc%15ccccc%14%15)cc%13)c%12)c%11)cc%10)c%10cccc%11ccccc%10%11)c9)cc8)cc7)cc6)cc5)cc4)cc3)cc2)cc1. The van der Waals surface area contributed by atoms with Gasteiger partial charge in [0.2, 0.25) is 0 Å². The van der Waals surface area contributed by atoms with Crippen molar-refractivity contribution in [1.82, 2.24) is 0 Å². The second kappa shape index (κ2) is 34.8.